The fraction of sp³-hybridized carbons (Fsp3) is 0.588. The van der Waals surface area contributed by atoms with E-state index < -0.39 is 0 Å². The lowest BCUT2D eigenvalue weighted by Gasteiger charge is -2.39. The van der Waals surface area contributed by atoms with Crippen molar-refractivity contribution < 1.29 is 4.79 Å². The number of hydrogen-bond acceptors (Lipinski definition) is 2. The monoisotopic (exact) mass is 270 g/mol. The van der Waals surface area contributed by atoms with E-state index in [0.717, 1.165) is 12.2 Å². The van der Waals surface area contributed by atoms with Gasteiger partial charge < -0.3 is 9.47 Å². The third-order valence-corrected chi connectivity index (χ3v) is 5.38. The molecule has 1 spiro atoms. The van der Waals surface area contributed by atoms with Gasteiger partial charge in [0.1, 0.15) is 0 Å². The quantitative estimate of drug-likeness (QED) is 0.724. The van der Waals surface area contributed by atoms with E-state index in [1.54, 1.807) is 0 Å². The molecule has 3 nitrogen and oxygen atoms in total. The SMILES string of the molecule is Cc1cn(C)c2c1[C@@]13C[C@@H]1CN(C(C)(C)C)C3=CC2=O. The van der Waals surface area contributed by atoms with E-state index in [1.807, 2.05) is 17.7 Å². The molecule has 1 saturated heterocycles. The molecule has 0 bridgehead atoms. The van der Waals surface area contributed by atoms with Crippen LogP contribution < -0.4 is 0 Å². The van der Waals surface area contributed by atoms with Crippen molar-refractivity contribution in [2.24, 2.45) is 13.0 Å². The van der Waals surface area contributed by atoms with Gasteiger partial charge in [0.25, 0.3) is 0 Å². The highest BCUT2D eigenvalue weighted by Gasteiger charge is 2.68. The van der Waals surface area contributed by atoms with Crippen LogP contribution in [0.4, 0.5) is 0 Å². The van der Waals surface area contributed by atoms with Crippen LogP contribution in [0.15, 0.2) is 18.0 Å². The zero-order valence-electron chi connectivity index (χ0n) is 12.9. The average molecular weight is 270 g/mol. The molecule has 1 aromatic heterocycles. The van der Waals surface area contributed by atoms with Crippen molar-refractivity contribution in [2.45, 2.75) is 45.1 Å². The fourth-order valence-corrected chi connectivity index (χ4v) is 4.53. The predicted octanol–water partition coefficient (Wildman–Crippen LogP) is 2.79. The van der Waals surface area contributed by atoms with Crippen LogP contribution in [0.3, 0.4) is 0 Å². The summed E-state index contributed by atoms with van der Waals surface area (Å²) in [6, 6.07) is 0. The molecule has 2 heterocycles. The van der Waals surface area contributed by atoms with Gasteiger partial charge in [0.2, 0.25) is 5.78 Å². The molecule has 2 atom stereocenters. The molecule has 0 aromatic carbocycles. The van der Waals surface area contributed by atoms with Crippen LogP contribution in [-0.4, -0.2) is 27.3 Å². The van der Waals surface area contributed by atoms with Gasteiger partial charge >= 0.3 is 0 Å². The Morgan fingerprint density at radius 3 is 2.70 bits per heavy atom. The van der Waals surface area contributed by atoms with Gasteiger partial charge in [-0.25, -0.2) is 0 Å². The lowest BCUT2D eigenvalue weighted by atomic mass is 9.82. The minimum Gasteiger partial charge on any atom is -0.369 e. The first-order valence-corrected chi connectivity index (χ1v) is 7.47. The molecule has 1 saturated carbocycles. The first-order valence-electron chi connectivity index (χ1n) is 7.47. The highest BCUT2D eigenvalue weighted by molar-refractivity contribution is 6.08. The van der Waals surface area contributed by atoms with Gasteiger partial charge in [-0.3, -0.25) is 4.79 Å². The standard InChI is InChI=1S/C17H22N2O/c1-10-8-18(5)15-12(20)6-13-17(14(10)15)7-11(17)9-19(13)16(2,3)4/h6,8,11H,7,9H2,1-5H3/t11-,17+/m1/s1. The number of carbonyl (C=O) groups excluding carboxylic acids is 1. The zero-order chi connectivity index (χ0) is 14.4. The highest BCUT2D eigenvalue weighted by Crippen LogP contribution is 2.68. The van der Waals surface area contributed by atoms with E-state index >= 15 is 0 Å². The van der Waals surface area contributed by atoms with Gasteiger partial charge in [-0.1, -0.05) is 0 Å². The number of carbonyl (C=O) groups is 1. The maximum absolute atomic E-state index is 12.6. The van der Waals surface area contributed by atoms with Crippen LogP contribution >= 0.6 is 0 Å². The topological polar surface area (TPSA) is 25.2 Å². The Balaban J connectivity index is 1.95. The lowest BCUT2D eigenvalue weighted by molar-refractivity contribution is 0.102. The Morgan fingerprint density at radius 1 is 1.35 bits per heavy atom. The molecule has 1 aromatic rings. The van der Waals surface area contributed by atoms with Crippen molar-refractivity contribution in [1.29, 1.82) is 0 Å². The number of nitrogens with zero attached hydrogens (tertiary/aromatic N) is 2. The van der Waals surface area contributed by atoms with Crippen LogP contribution in [0.1, 0.15) is 48.8 Å². The van der Waals surface area contributed by atoms with Gasteiger partial charge in [-0.15, -0.1) is 0 Å². The van der Waals surface area contributed by atoms with Gasteiger partial charge in [0, 0.05) is 42.5 Å². The van der Waals surface area contributed by atoms with E-state index in [9.17, 15) is 4.79 Å². The normalized spacial score (nSPS) is 30.9. The van der Waals surface area contributed by atoms with E-state index in [0.29, 0.717) is 5.92 Å². The smallest absolute Gasteiger partial charge is 0.204 e. The lowest BCUT2D eigenvalue weighted by Crippen LogP contribution is -2.42. The number of fused-ring (bicyclic) bond motifs is 1. The van der Waals surface area contributed by atoms with Crippen LogP contribution in [0.5, 0.6) is 0 Å². The Labute approximate surface area is 120 Å². The molecule has 20 heavy (non-hydrogen) atoms. The molecule has 2 aliphatic carbocycles. The number of aryl methyl sites for hydroxylation is 2. The number of allylic oxidation sites excluding steroid dienone is 2. The van der Waals surface area contributed by atoms with Gasteiger partial charge in [-0.05, 0) is 51.2 Å². The van der Waals surface area contributed by atoms with E-state index in [1.165, 1.54) is 23.2 Å². The first kappa shape index (κ1) is 12.2. The molecule has 0 amide bonds. The summed E-state index contributed by atoms with van der Waals surface area (Å²) in [6.45, 7) is 9.97. The summed E-state index contributed by atoms with van der Waals surface area (Å²) in [7, 11) is 1.99. The fourth-order valence-electron chi connectivity index (χ4n) is 4.53. The number of ketones is 1. The van der Waals surface area contributed by atoms with Crippen LogP contribution in [0.25, 0.3) is 0 Å². The van der Waals surface area contributed by atoms with Crippen molar-refractivity contribution >= 4 is 5.78 Å². The van der Waals surface area contributed by atoms with Crippen molar-refractivity contribution in [3.8, 4) is 0 Å². The minimum atomic E-state index is 0.0900. The van der Waals surface area contributed by atoms with E-state index in [-0.39, 0.29) is 16.7 Å². The molecule has 2 fully saturated rings. The summed E-state index contributed by atoms with van der Waals surface area (Å²) >= 11 is 0. The Hall–Kier alpha value is -1.51. The van der Waals surface area contributed by atoms with Crippen molar-refractivity contribution in [3.63, 3.8) is 0 Å². The van der Waals surface area contributed by atoms with Crippen molar-refractivity contribution in [1.82, 2.24) is 9.47 Å². The van der Waals surface area contributed by atoms with Crippen LogP contribution in [-0.2, 0) is 12.5 Å². The Kier molecular flexibility index (Phi) is 1.97. The zero-order valence-corrected chi connectivity index (χ0v) is 12.9. The molecule has 0 N–H and O–H groups in total. The summed E-state index contributed by atoms with van der Waals surface area (Å²) in [5.41, 5.74) is 5.04. The molecule has 106 valence electrons. The number of piperidine rings is 1. The maximum Gasteiger partial charge on any atom is 0.204 e. The van der Waals surface area contributed by atoms with Crippen molar-refractivity contribution in [3.05, 3.63) is 34.8 Å². The van der Waals surface area contributed by atoms with Crippen molar-refractivity contribution in [2.75, 3.05) is 6.54 Å². The maximum atomic E-state index is 12.6. The second kappa shape index (κ2) is 3.21. The summed E-state index contributed by atoms with van der Waals surface area (Å²) in [5, 5.41) is 0. The minimum absolute atomic E-state index is 0.0900. The molecule has 4 rings (SSSR count). The third kappa shape index (κ3) is 1.20. The molecule has 0 unspecified atom stereocenters. The molecular formula is C17H22N2O. The predicted molar refractivity (Wildman–Crippen MR) is 78.8 cm³/mol. The third-order valence-electron chi connectivity index (χ3n) is 5.38. The Morgan fingerprint density at radius 2 is 2.05 bits per heavy atom. The Bertz CT molecular complexity index is 674. The number of hydrogen-bond donors (Lipinski definition) is 0. The summed E-state index contributed by atoms with van der Waals surface area (Å²) < 4.78 is 2.02. The second-order valence-corrected chi connectivity index (χ2v) is 7.69. The van der Waals surface area contributed by atoms with Gasteiger partial charge in [-0.2, -0.15) is 0 Å². The molecule has 0 radical (unpaired) electrons. The van der Waals surface area contributed by atoms with Crippen LogP contribution in [0, 0.1) is 12.8 Å². The number of likely N-dealkylation sites (tertiary alicyclic amines) is 1. The molecule has 3 aliphatic rings. The number of aromatic nitrogens is 1. The van der Waals surface area contributed by atoms with Gasteiger partial charge in [0.05, 0.1) is 5.69 Å². The van der Waals surface area contributed by atoms with E-state index in [4.69, 9.17) is 0 Å². The summed E-state index contributed by atoms with van der Waals surface area (Å²) in [5.74, 6) is 0.874. The van der Waals surface area contributed by atoms with Gasteiger partial charge in [0.15, 0.2) is 0 Å². The van der Waals surface area contributed by atoms with Crippen LogP contribution in [0.2, 0.25) is 0 Å². The largest absolute Gasteiger partial charge is 0.369 e. The van der Waals surface area contributed by atoms with E-state index in [2.05, 4.69) is 38.8 Å². The summed E-state index contributed by atoms with van der Waals surface area (Å²) in [4.78, 5) is 15.0. The molecular weight excluding hydrogens is 248 g/mol. The highest BCUT2D eigenvalue weighted by atomic mass is 16.1. The average Bonchev–Trinajstić information content (AvgIpc) is 2.80. The summed E-state index contributed by atoms with van der Waals surface area (Å²) in [6.07, 6.45) is 5.25. The molecule has 3 heteroatoms. The number of rotatable bonds is 0. The molecule has 1 aliphatic heterocycles. The first-order chi connectivity index (χ1) is 9.26. The second-order valence-electron chi connectivity index (χ2n) is 7.69.